The second kappa shape index (κ2) is 18.8. The Labute approximate surface area is 255 Å². The Morgan fingerprint density at radius 2 is 1.09 bits per heavy atom. The molecule has 0 bridgehead atoms. The van der Waals surface area contributed by atoms with Crippen molar-refractivity contribution in [3.63, 3.8) is 0 Å². The largest absolute Gasteiger partial charge is 0.497 e. The zero-order chi connectivity index (χ0) is 30.7. The summed E-state index contributed by atoms with van der Waals surface area (Å²) in [6, 6.07) is 23.5. The average molecular weight is 587 g/mol. The zero-order valence-electron chi connectivity index (χ0n) is 25.2. The summed E-state index contributed by atoms with van der Waals surface area (Å²) in [5, 5.41) is 0. The smallest absolute Gasteiger partial charge is 0.333 e. The Bertz CT molecular complexity index is 1290. The minimum absolute atomic E-state index is 0.323. The van der Waals surface area contributed by atoms with Crippen LogP contribution in [0.2, 0.25) is 0 Å². The number of benzene rings is 3. The number of esters is 2. The molecule has 7 nitrogen and oxygen atoms in total. The Hall–Kier alpha value is -4.52. The topological polar surface area (TPSA) is 80.3 Å². The molecule has 0 amide bonds. The molecule has 0 aromatic heterocycles. The van der Waals surface area contributed by atoms with Gasteiger partial charge in [-0.3, -0.25) is 0 Å². The molecule has 0 saturated heterocycles. The predicted octanol–water partition coefficient (Wildman–Crippen LogP) is 7.84. The van der Waals surface area contributed by atoms with Crippen molar-refractivity contribution in [2.75, 3.05) is 33.5 Å². The highest BCUT2D eigenvalue weighted by Gasteiger charge is 2.04. The molecule has 0 N–H and O–H groups in total. The molecular weight excluding hydrogens is 544 g/mol. The molecule has 43 heavy (non-hydrogen) atoms. The SMILES string of the molecule is C=C(C)C(=O)OCCCCCCOc1ccc(-c2ccc(OCCCCOC(=O)/C=C/c3ccc(OC)cc3)cc2)cc1. The number of carbonyl (C=O) groups is 2. The fraction of sp³-hybridized carbons (Fsp3) is 0.333. The van der Waals surface area contributed by atoms with Gasteiger partial charge in [-0.15, -0.1) is 0 Å². The predicted molar refractivity (Wildman–Crippen MR) is 169 cm³/mol. The highest BCUT2D eigenvalue weighted by atomic mass is 16.5. The minimum atomic E-state index is -0.362. The van der Waals surface area contributed by atoms with Gasteiger partial charge in [-0.25, -0.2) is 9.59 Å². The summed E-state index contributed by atoms with van der Waals surface area (Å²) in [5.74, 6) is 1.73. The summed E-state index contributed by atoms with van der Waals surface area (Å²) >= 11 is 0. The maximum absolute atomic E-state index is 11.9. The summed E-state index contributed by atoms with van der Waals surface area (Å²) in [4.78, 5) is 23.2. The Balaban J connectivity index is 1.25. The van der Waals surface area contributed by atoms with Gasteiger partial charge < -0.3 is 23.7 Å². The number of ether oxygens (including phenoxy) is 5. The fourth-order valence-corrected chi connectivity index (χ4v) is 4.02. The maximum Gasteiger partial charge on any atom is 0.333 e. The number of unbranched alkanes of at least 4 members (excludes halogenated alkanes) is 4. The molecular formula is C36H42O7. The van der Waals surface area contributed by atoms with Crippen molar-refractivity contribution in [3.8, 4) is 28.4 Å². The van der Waals surface area contributed by atoms with E-state index in [9.17, 15) is 9.59 Å². The first-order valence-electron chi connectivity index (χ1n) is 14.7. The van der Waals surface area contributed by atoms with E-state index in [4.69, 9.17) is 23.7 Å². The summed E-state index contributed by atoms with van der Waals surface area (Å²) in [5.41, 5.74) is 3.54. The first-order valence-corrected chi connectivity index (χ1v) is 14.7. The molecule has 0 radical (unpaired) electrons. The van der Waals surface area contributed by atoms with Crippen LogP contribution >= 0.6 is 0 Å². The van der Waals surface area contributed by atoms with E-state index in [1.54, 1.807) is 20.1 Å². The van der Waals surface area contributed by atoms with E-state index in [-0.39, 0.29) is 11.9 Å². The van der Waals surface area contributed by atoms with E-state index < -0.39 is 0 Å². The van der Waals surface area contributed by atoms with E-state index in [0.29, 0.717) is 32.0 Å². The van der Waals surface area contributed by atoms with Gasteiger partial charge in [0.1, 0.15) is 17.2 Å². The lowest BCUT2D eigenvalue weighted by molar-refractivity contribution is -0.139. The van der Waals surface area contributed by atoms with Crippen LogP contribution in [0.1, 0.15) is 51.0 Å². The van der Waals surface area contributed by atoms with Crippen LogP contribution in [0.3, 0.4) is 0 Å². The molecule has 0 atom stereocenters. The van der Waals surface area contributed by atoms with Gasteiger partial charge in [0.15, 0.2) is 0 Å². The second-order valence-corrected chi connectivity index (χ2v) is 10.1. The Morgan fingerprint density at radius 3 is 1.63 bits per heavy atom. The van der Waals surface area contributed by atoms with Crippen molar-refractivity contribution in [1.29, 1.82) is 0 Å². The third-order valence-corrected chi connectivity index (χ3v) is 6.51. The van der Waals surface area contributed by atoms with E-state index in [1.807, 2.05) is 60.7 Å². The highest BCUT2D eigenvalue weighted by Crippen LogP contribution is 2.25. The van der Waals surface area contributed by atoms with Crippen molar-refractivity contribution < 1.29 is 33.3 Å². The van der Waals surface area contributed by atoms with Crippen molar-refractivity contribution in [2.45, 2.75) is 45.4 Å². The Kier molecular flexibility index (Phi) is 14.4. The molecule has 0 saturated carbocycles. The van der Waals surface area contributed by atoms with Gasteiger partial charge in [0.25, 0.3) is 0 Å². The van der Waals surface area contributed by atoms with E-state index in [1.165, 1.54) is 6.08 Å². The van der Waals surface area contributed by atoms with E-state index >= 15 is 0 Å². The number of hydrogen-bond donors (Lipinski definition) is 0. The second-order valence-electron chi connectivity index (χ2n) is 10.1. The fourth-order valence-electron chi connectivity index (χ4n) is 4.02. The minimum Gasteiger partial charge on any atom is -0.497 e. The first kappa shape index (κ1) is 33.0. The van der Waals surface area contributed by atoms with Crippen LogP contribution < -0.4 is 14.2 Å². The molecule has 3 aromatic carbocycles. The molecule has 0 aliphatic rings. The quantitative estimate of drug-likeness (QED) is 0.0804. The average Bonchev–Trinajstić information content (AvgIpc) is 3.03. The third-order valence-electron chi connectivity index (χ3n) is 6.51. The number of rotatable bonds is 19. The molecule has 0 aliphatic carbocycles. The van der Waals surface area contributed by atoms with Gasteiger partial charge in [0.2, 0.25) is 0 Å². The number of methoxy groups -OCH3 is 1. The lowest BCUT2D eigenvalue weighted by atomic mass is 10.1. The number of hydrogen-bond acceptors (Lipinski definition) is 7. The van der Waals surface area contributed by atoms with Crippen LogP contribution in [0.25, 0.3) is 17.2 Å². The molecule has 3 aromatic rings. The molecule has 3 rings (SSSR count). The summed E-state index contributed by atoms with van der Waals surface area (Å²) < 4.78 is 27.2. The summed E-state index contributed by atoms with van der Waals surface area (Å²) in [6.07, 6.45) is 8.47. The van der Waals surface area contributed by atoms with Gasteiger partial charge in [0.05, 0.1) is 33.5 Å². The first-order chi connectivity index (χ1) is 20.9. The van der Waals surface area contributed by atoms with E-state index in [0.717, 1.165) is 72.5 Å². The van der Waals surface area contributed by atoms with Crippen molar-refractivity contribution in [3.05, 3.63) is 96.6 Å². The van der Waals surface area contributed by atoms with Crippen LogP contribution in [-0.4, -0.2) is 45.5 Å². The monoisotopic (exact) mass is 586 g/mol. The molecule has 0 spiro atoms. The van der Waals surface area contributed by atoms with Crippen LogP contribution in [0.15, 0.2) is 91.0 Å². The van der Waals surface area contributed by atoms with Crippen LogP contribution in [0, 0.1) is 0 Å². The Morgan fingerprint density at radius 1 is 0.628 bits per heavy atom. The normalized spacial score (nSPS) is 10.7. The lowest BCUT2D eigenvalue weighted by Gasteiger charge is -2.09. The molecule has 7 heteroatoms. The maximum atomic E-state index is 11.9. The van der Waals surface area contributed by atoms with Gasteiger partial charge in [-0.1, -0.05) is 43.0 Å². The molecule has 228 valence electrons. The van der Waals surface area contributed by atoms with Gasteiger partial charge in [-0.2, -0.15) is 0 Å². The number of carbonyl (C=O) groups excluding carboxylic acids is 2. The van der Waals surface area contributed by atoms with Gasteiger partial charge in [-0.05, 0) is 105 Å². The lowest BCUT2D eigenvalue weighted by Crippen LogP contribution is -2.06. The molecule has 0 aliphatic heterocycles. The summed E-state index contributed by atoms with van der Waals surface area (Å²) in [6.45, 7) is 7.21. The van der Waals surface area contributed by atoms with Crippen LogP contribution in [-0.2, 0) is 19.1 Å². The summed E-state index contributed by atoms with van der Waals surface area (Å²) in [7, 11) is 1.62. The molecule has 0 fully saturated rings. The highest BCUT2D eigenvalue weighted by molar-refractivity contribution is 5.87. The zero-order valence-corrected chi connectivity index (χ0v) is 25.2. The molecule has 0 heterocycles. The van der Waals surface area contributed by atoms with E-state index in [2.05, 4.69) is 18.7 Å². The van der Waals surface area contributed by atoms with Crippen LogP contribution in [0.4, 0.5) is 0 Å². The van der Waals surface area contributed by atoms with Crippen LogP contribution in [0.5, 0.6) is 17.2 Å². The van der Waals surface area contributed by atoms with Crippen molar-refractivity contribution in [2.24, 2.45) is 0 Å². The molecule has 0 unspecified atom stereocenters. The van der Waals surface area contributed by atoms with Crippen molar-refractivity contribution >= 4 is 18.0 Å². The van der Waals surface area contributed by atoms with Gasteiger partial charge in [0, 0.05) is 11.6 Å². The third kappa shape index (κ3) is 12.9. The van der Waals surface area contributed by atoms with Gasteiger partial charge >= 0.3 is 11.9 Å². The standard InChI is InChI=1S/C36H42O7/c1-28(2)36(38)43-27-7-5-4-6-24-40-33-19-13-30(14-20-33)31-15-21-34(22-16-31)41-25-8-9-26-42-35(37)23-12-29-10-17-32(39-3)18-11-29/h10-23H,1,4-9,24-27H2,2-3H3/b23-12+. The van der Waals surface area contributed by atoms with Crippen molar-refractivity contribution in [1.82, 2.24) is 0 Å².